The minimum absolute atomic E-state index is 0.00935. The van der Waals surface area contributed by atoms with E-state index in [-0.39, 0.29) is 27.1 Å². The number of hydrogen-bond acceptors (Lipinski definition) is 6. The number of likely N-dealkylation sites (tertiary alicyclic amines) is 1. The molecule has 1 aliphatic rings. The zero-order chi connectivity index (χ0) is 19.7. The summed E-state index contributed by atoms with van der Waals surface area (Å²) < 4.78 is 36.8. The third-order valence-electron chi connectivity index (χ3n) is 4.65. The summed E-state index contributed by atoms with van der Waals surface area (Å²) in [7, 11) is -3.99. The predicted octanol–water partition coefficient (Wildman–Crippen LogP) is 3.77. The van der Waals surface area contributed by atoms with Gasteiger partial charge in [0, 0.05) is 13.1 Å². The van der Waals surface area contributed by atoms with Crippen LogP contribution >= 0.6 is 23.3 Å². The average Bonchev–Trinajstić information content (AvgIpc) is 3.17. The van der Waals surface area contributed by atoms with Crippen LogP contribution in [0.15, 0.2) is 41.3 Å². The van der Waals surface area contributed by atoms with Gasteiger partial charge in [-0.1, -0.05) is 23.7 Å². The van der Waals surface area contributed by atoms with Gasteiger partial charge in [-0.05, 0) is 43.5 Å². The van der Waals surface area contributed by atoms with Crippen LogP contribution in [0.25, 0.3) is 11.0 Å². The number of nitrogens with one attached hydrogen (secondary N) is 1. The largest absolute Gasteiger partial charge is 0.339 e. The minimum Gasteiger partial charge on any atom is -0.339 e. The van der Waals surface area contributed by atoms with Crippen molar-refractivity contribution in [2.45, 2.75) is 24.2 Å². The van der Waals surface area contributed by atoms with E-state index in [4.69, 9.17) is 11.6 Å². The Balaban J connectivity index is 1.73. The number of halogens is 1. The van der Waals surface area contributed by atoms with Gasteiger partial charge in [-0.3, -0.25) is 9.52 Å². The summed E-state index contributed by atoms with van der Waals surface area (Å²) in [4.78, 5) is 14.7. The number of benzene rings is 2. The molecule has 2 heterocycles. The molecule has 2 aromatic carbocycles. The highest BCUT2D eigenvalue weighted by Gasteiger charge is 2.26. The number of carbonyl (C=O) groups is 1. The zero-order valence-electron chi connectivity index (χ0n) is 14.8. The summed E-state index contributed by atoms with van der Waals surface area (Å²) in [6.45, 7) is 1.28. The Morgan fingerprint density at radius 1 is 1.07 bits per heavy atom. The number of piperidine rings is 1. The van der Waals surface area contributed by atoms with Crippen LogP contribution in [0.2, 0.25) is 5.02 Å². The Kier molecular flexibility index (Phi) is 5.22. The topological polar surface area (TPSA) is 92.3 Å². The lowest BCUT2D eigenvalue weighted by atomic mass is 10.1. The SMILES string of the molecule is O=C(c1c(Cl)cccc1NS(=O)(=O)c1cccc2nsnc12)N1CCCCC1. The van der Waals surface area contributed by atoms with Crippen LogP contribution in [0.3, 0.4) is 0 Å². The van der Waals surface area contributed by atoms with E-state index in [1.54, 1.807) is 35.2 Å². The second kappa shape index (κ2) is 7.65. The molecule has 7 nitrogen and oxygen atoms in total. The fourth-order valence-corrected chi connectivity index (χ4v) is 5.37. The first-order chi connectivity index (χ1) is 13.5. The number of anilines is 1. The molecular formula is C18H17ClN4O3S2. The highest BCUT2D eigenvalue weighted by molar-refractivity contribution is 7.93. The number of hydrogen-bond donors (Lipinski definition) is 1. The lowest BCUT2D eigenvalue weighted by molar-refractivity contribution is 0.0725. The third kappa shape index (κ3) is 3.57. The molecule has 1 saturated heterocycles. The number of rotatable bonds is 4. The number of nitrogens with zero attached hydrogens (tertiary/aromatic N) is 3. The summed E-state index contributed by atoms with van der Waals surface area (Å²) in [5.41, 5.74) is 1.12. The van der Waals surface area contributed by atoms with E-state index in [0.29, 0.717) is 24.1 Å². The highest BCUT2D eigenvalue weighted by Crippen LogP contribution is 2.30. The zero-order valence-corrected chi connectivity index (χ0v) is 17.1. The van der Waals surface area contributed by atoms with Gasteiger partial charge >= 0.3 is 0 Å². The van der Waals surface area contributed by atoms with E-state index in [0.717, 1.165) is 31.0 Å². The molecule has 10 heteroatoms. The lowest BCUT2D eigenvalue weighted by Gasteiger charge is -2.28. The van der Waals surface area contributed by atoms with Gasteiger partial charge < -0.3 is 4.90 Å². The summed E-state index contributed by atoms with van der Waals surface area (Å²) in [6.07, 6.45) is 2.93. The van der Waals surface area contributed by atoms with Crippen LogP contribution in [0, 0.1) is 0 Å². The van der Waals surface area contributed by atoms with Gasteiger partial charge in [-0.25, -0.2) is 8.42 Å². The Hall–Kier alpha value is -2.23. The molecule has 1 aromatic heterocycles. The van der Waals surface area contributed by atoms with Gasteiger partial charge in [-0.15, -0.1) is 0 Å². The maximum Gasteiger partial charge on any atom is 0.264 e. The van der Waals surface area contributed by atoms with Gasteiger partial charge in [0.15, 0.2) is 0 Å². The van der Waals surface area contributed by atoms with Gasteiger partial charge in [-0.2, -0.15) is 8.75 Å². The molecule has 1 N–H and O–H groups in total. The maximum absolute atomic E-state index is 13.0. The fourth-order valence-electron chi connectivity index (χ4n) is 3.28. The smallest absolute Gasteiger partial charge is 0.264 e. The van der Waals surface area contributed by atoms with E-state index in [9.17, 15) is 13.2 Å². The first-order valence-corrected chi connectivity index (χ1v) is 11.4. The summed E-state index contributed by atoms with van der Waals surface area (Å²) in [5.74, 6) is -0.267. The van der Waals surface area contributed by atoms with Crippen molar-refractivity contribution in [2.24, 2.45) is 0 Å². The molecule has 28 heavy (non-hydrogen) atoms. The van der Waals surface area contributed by atoms with Crippen LogP contribution in [-0.4, -0.2) is 41.1 Å². The Morgan fingerprint density at radius 3 is 2.61 bits per heavy atom. The van der Waals surface area contributed by atoms with E-state index < -0.39 is 10.0 Å². The molecule has 0 radical (unpaired) electrons. The van der Waals surface area contributed by atoms with E-state index >= 15 is 0 Å². The second-order valence-electron chi connectivity index (χ2n) is 6.51. The van der Waals surface area contributed by atoms with Gasteiger partial charge in [0.2, 0.25) is 0 Å². The number of fused-ring (bicyclic) bond motifs is 1. The van der Waals surface area contributed by atoms with Crippen LogP contribution in [0.4, 0.5) is 5.69 Å². The number of amides is 1. The van der Waals surface area contributed by atoms with E-state index in [2.05, 4.69) is 13.5 Å². The molecule has 0 unspecified atom stereocenters. The first kappa shape index (κ1) is 19.1. The number of carbonyl (C=O) groups excluding carboxylic acids is 1. The van der Waals surface area contributed by atoms with Crippen molar-refractivity contribution in [2.75, 3.05) is 17.8 Å². The monoisotopic (exact) mass is 436 g/mol. The predicted molar refractivity (Wildman–Crippen MR) is 109 cm³/mol. The molecule has 0 saturated carbocycles. The van der Waals surface area contributed by atoms with E-state index in [1.807, 2.05) is 0 Å². The highest BCUT2D eigenvalue weighted by atomic mass is 35.5. The molecule has 146 valence electrons. The second-order valence-corrected chi connectivity index (χ2v) is 9.10. The van der Waals surface area contributed by atoms with Crippen molar-refractivity contribution in [1.29, 1.82) is 0 Å². The first-order valence-electron chi connectivity index (χ1n) is 8.79. The molecule has 0 aliphatic carbocycles. The van der Waals surface area contributed by atoms with Gasteiger partial charge in [0.25, 0.3) is 15.9 Å². The van der Waals surface area contributed by atoms with Crippen molar-refractivity contribution in [3.63, 3.8) is 0 Å². The minimum atomic E-state index is -3.99. The normalized spacial score (nSPS) is 15.0. The van der Waals surface area contributed by atoms with Crippen LogP contribution in [-0.2, 0) is 10.0 Å². The van der Waals surface area contributed by atoms with Crippen LogP contribution < -0.4 is 4.72 Å². The lowest BCUT2D eigenvalue weighted by Crippen LogP contribution is -2.36. The summed E-state index contributed by atoms with van der Waals surface area (Å²) >= 11 is 7.24. The van der Waals surface area contributed by atoms with Gasteiger partial charge in [0.05, 0.1) is 28.0 Å². The van der Waals surface area contributed by atoms with Gasteiger partial charge in [0.1, 0.15) is 15.9 Å². The molecule has 0 bridgehead atoms. The van der Waals surface area contributed by atoms with Crippen molar-refractivity contribution in [3.8, 4) is 0 Å². The molecule has 0 spiro atoms. The molecule has 1 amide bonds. The Labute approximate surface area is 171 Å². The Bertz CT molecular complexity index is 1140. The fraction of sp³-hybridized carbons (Fsp3) is 0.278. The van der Waals surface area contributed by atoms with Crippen molar-refractivity contribution < 1.29 is 13.2 Å². The average molecular weight is 437 g/mol. The molecule has 3 aromatic rings. The van der Waals surface area contributed by atoms with Crippen molar-refractivity contribution in [3.05, 3.63) is 47.0 Å². The van der Waals surface area contributed by atoms with Crippen LogP contribution in [0.1, 0.15) is 29.6 Å². The van der Waals surface area contributed by atoms with Crippen LogP contribution in [0.5, 0.6) is 0 Å². The van der Waals surface area contributed by atoms with Crippen molar-refractivity contribution >= 4 is 56.0 Å². The summed E-state index contributed by atoms with van der Waals surface area (Å²) in [6, 6.07) is 9.50. The molecular weight excluding hydrogens is 420 g/mol. The maximum atomic E-state index is 13.0. The molecule has 1 aliphatic heterocycles. The Morgan fingerprint density at radius 2 is 1.82 bits per heavy atom. The van der Waals surface area contributed by atoms with Crippen molar-refractivity contribution in [1.82, 2.24) is 13.6 Å². The number of sulfonamides is 1. The molecule has 0 atom stereocenters. The third-order valence-corrected chi connectivity index (χ3v) is 6.91. The van der Waals surface area contributed by atoms with E-state index in [1.165, 1.54) is 6.07 Å². The molecule has 1 fully saturated rings. The standard InChI is InChI=1S/C18H17ClN4O3S2/c19-12-6-4-7-13(16(12)18(24)23-10-2-1-3-11-23)22-28(25,26)15-9-5-8-14-17(15)21-27-20-14/h4-9,22H,1-3,10-11H2. The quantitative estimate of drug-likeness (QED) is 0.672. The number of aromatic nitrogens is 2. The summed E-state index contributed by atoms with van der Waals surface area (Å²) in [5, 5.41) is 0.212. The molecule has 4 rings (SSSR count).